The molecule has 0 bridgehead atoms. The van der Waals surface area contributed by atoms with E-state index in [1.54, 1.807) is 0 Å². The Labute approximate surface area is 180 Å². The topological polar surface area (TPSA) is 64.6 Å². The van der Waals surface area contributed by atoms with Crippen LogP contribution in [-0.2, 0) is 24.5 Å². The summed E-state index contributed by atoms with van der Waals surface area (Å²) >= 11 is 0. The van der Waals surface area contributed by atoms with Crippen molar-refractivity contribution in [2.75, 3.05) is 6.61 Å². The zero-order valence-corrected chi connectivity index (χ0v) is 19.5. The van der Waals surface area contributed by atoms with Gasteiger partial charge in [-0.15, -0.1) is 0 Å². The Morgan fingerprint density at radius 3 is 2.00 bits per heavy atom. The molecule has 0 radical (unpaired) electrons. The SMILES string of the molecule is CCCOC(=O)C1=C(C)NC(C)=C(C(=O)OC(C)C)C1c1ccc(C(C)(C)C)cc1. The molecular weight excluding hydrogens is 378 g/mol. The summed E-state index contributed by atoms with van der Waals surface area (Å²) < 4.78 is 11.0. The van der Waals surface area contributed by atoms with E-state index in [9.17, 15) is 9.59 Å². The molecule has 0 amide bonds. The molecule has 0 aromatic heterocycles. The van der Waals surface area contributed by atoms with Crippen molar-refractivity contribution in [2.24, 2.45) is 0 Å². The fourth-order valence-electron chi connectivity index (χ4n) is 3.59. The van der Waals surface area contributed by atoms with E-state index < -0.39 is 17.9 Å². The van der Waals surface area contributed by atoms with Crippen molar-refractivity contribution in [3.63, 3.8) is 0 Å². The molecule has 30 heavy (non-hydrogen) atoms. The molecule has 164 valence electrons. The molecule has 1 aliphatic heterocycles. The molecule has 2 rings (SSSR count). The Balaban J connectivity index is 2.60. The minimum absolute atomic E-state index is 0.00640. The number of hydrogen-bond acceptors (Lipinski definition) is 5. The lowest BCUT2D eigenvalue weighted by Gasteiger charge is -2.31. The smallest absolute Gasteiger partial charge is 0.337 e. The van der Waals surface area contributed by atoms with Gasteiger partial charge in [0.15, 0.2) is 0 Å². The predicted molar refractivity (Wildman–Crippen MR) is 119 cm³/mol. The van der Waals surface area contributed by atoms with Gasteiger partial charge in [-0.2, -0.15) is 0 Å². The van der Waals surface area contributed by atoms with Gasteiger partial charge in [0.25, 0.3) is 0 Å². The lowest BCUT2D eigenvalue weighted by molar-refractivity contribution is -0.143. The number of nitrogens with one attached hydrogen (secondary N) is 1. The van der Waals surface area contributed by atoms with Crippen LogP contribution in [0.25, 0.3) is 0 Å². The number of ether oxygens (including phenoxy) is 2. The van der Waals surface area contributed by atoms with Gasteiger partial charge in [-0.25, -0.2) is 9.59 Å². The molecule has 1 aliphatic rings. The van der Waals surface area contributed by atoms with Crippen molar-refractivity contribution in [2.45, 2.75) is 79.2 Å². The molecule has 0 aliphatic carbocycles. The zero-order chi connectivity index (χ0) is 22.6. The third-order valence-electron chi connectivity index (χ3n) is 5.09. The third-order valence-corrected chi connectivity index (χ3v) is 5.09. The molecule has 0 saturated heterocycles. The standard InChI is InChI=1S/C25H35NO4/c1-9-14-29-23(27)20-16(4)26-17(5)21(24(28)30-15(2)3)22(20)18-10-12-19(13-11-18)25(6,7)8/h10-13,15,22,26H,9,14H2,1-8H3. The van der Waals surface area contributed by atoms with Crippen molar-refractivity contribution in [1.29, 1.82) is 0 Å². The van der Waals surface area contributed by atoms with Crippen LogP contribution in [-0.4, -0.2) is 24.6 Å². The zero-order valence-electron chi connectivity index (χ0n) is 19.5. The summed E-state index contributed by atoms with van der Waals surface area (Å²) in [6, 6.07) is 8.10. The van der Waals surface area contributed by atoms with Crippen molar-refractivity contribution >= 4 is 11.9 Å². The van der Waals surface area contributed by atoms with Gasteiger partial charge in [-0.05, 0) is 50.7 Å². The molecular formula is C25H35NO4. The van der Waals surface area contributed by atoms with Crippen LogP contribution in [0.2, 0.25) is 0 Å². The largest absolute Gasteiger partial charge is 0.462 e. The van der Waals surface area contributed by atoms with Crippen LogP contribution in [0.1, 0.15) is 78.9 Å². The Kier molecular flexibility index (Phi) is 7.51. The summed E-state index contributed by atoms with van der Waals surface area (Å²) in [6.07, 6.45) is 0.470. The van der Waals surface area contributed by atoms with Gasteiger partial charge in [0.05, 0.1) is 29.8 Å². The van der Waals surface area contributed by atoms with Crippen LogP contribution < -0.4 is 5.32 Å². The number of hydrogen-bond donors (Lipinski definition) is 1. The number of esters is 2. The van der Waals surface area contributed by atoms with Crippen LogP contribution >= 0.6 is 0 Å². The highest BCUT2D eigenvalue weighted by atomic mass is 16.5. The highest BCUT2D eigenvalue weighted by Gasteiger charge is 2.38. The monoisotopic (exact) mass is 413 g/mol. The Bertz CT molecular complexity index is 854. The van der Waals surface area contributed by atoms with Crippen molar-refractivity contribution in [3.8, 4) is 0 Å². The molecule has 1 unspecified atom stereocenters. The summed E-state index contributed by atoms with van der Waals surface area (Å²) in [5, 5.41) is 3.18. The first kappa shape index (κ1) is 23.7. The van der Waals surface area contributed by atoms with Gasteiger partial charge >= 0.3 is 11.9 Å². The lowest BCUT2D eigenvalue weighted by atomic mass is 9.79. The minimum atomic E-state index is -0.545. The molecule has 5 heteroatoms. The maximum Gasteiger partial charge on any atom is 0.337 e. The van der Waals surface area contributed by atoms with Crippen molar-refractivity contribution in [3.05, 3.63) is 57.9 Å². The third kappa shape index (κ3) is 5.32. The van der Waals surface area contributed by atoms with Gasteiger partial charge in [0.2, 0.25) is 0 Å². The Morgan fingerprint density at radius 1 is 1.00 bits per heavy atom. The minimum Gasteiger partial charge on any atom is -0.462 e. The maximum atomic E-state index is 13.0. The summed E-state index contributed by atoms with van der Waals surface area (Å²) in [7, 11) is 0. The van der Waals surface area contributed by atoms with Gasteiger partial charge in [0.1, 0.15) is 0 Å². The van der Waals surface area contributed by atoms with Crippen LogP contribution in [0, 0.1) is 0 Å². The molecule has 1 N–H and O–H groups in total. The number of dihydropyridines is 1. The first-order valence-corrected chi connectivity index (χ1v) is 10.6. The van der Waals surface area contributed by atoms with Crippen LogP contribution in [0.5, 0.6) is 0 Å². The second-order valence-corrected chi connectivity index (χ2v) is 9.10. The van der Waals surface area contributed by atoms with E-state index in [4.69, 9.17) is 9.47 Å². The Morgan fingerprint density at radius 2 is 1.53 bits per heavy atom. The van der Waals surface area contributed by atoms with Crippen LogP contribution in [0.4, 0.5) is 0 Å². The Hall–Kier alpha value is -2.56. The van der Waals surface area contributed by atoms with E-state index >= 15 is 0 Å². The van der Waals surface area contributed by atoms with Crippen LogP contribution in [0.15, 0.2) is 46.8 Å². The molecule has 1 aromatic carbocycles. The number of benzene rings is 1. The van der Waals surface area contributed by atoms with Gasteiger partial charge < -0.3 is 14.8 Å². The predicted octanol–water partition coefficient (Wildman–Crippen LogP) is 5.12. The fraction of sp³-hybridized carbons (Fsp3) is 0.520. The normalized spacial score (nSPS) is 17.2. The van der Waals surface area contributed by atoms with E-state index in [0.717, 1.165) is 12.0 Å². The quantitative estimate of drug-likeness (QED) is 0.656. The first-order chi connectivity index (χ1) is 14.0. The summed E-state index contributed by atoms with van der Waals surface area (Å²) in [6.45, 7) is 16.0. The van der Waals surface area contributed by atoms with E-state index in [0.29, 0.717) is 29.1 Å². The highest BCUT2D eigenvalue weighted by molar-refractivity contribution is 5.99. The number of allylic oxidation sites excluding steroid dienone is 2. The molecule has 0 saturated carbocycles. The number of carbonyl (C=O) groups is 2. The van der Waals surface area contributed by atoms with Crippen molar-refractivity contribution < 1.29 is 19.1 Å². The van der Waals surface area contributed by atoms with Gasteiger partial charge in [0, 0.05) is 11.4 Å². The summed E-state index contributed by atoms with van der Waals surface area (Å²) in [5.74, 6) is -1.38. The maximum absolute atomic E-state index is 13.0. The molecule has 1 heterocycles. The second kappa shape index (κ2) is 9.50. The summed E-state index contributed by atoms with van der Waals surface area (Å²) in [5.41, 5.74) is 4.33. The van der Waals surface area contributed by atoms with Crippen molar-refractivity contribution in [1.82, 2.24) is 5.32 Å². The lowest BCUT2D eigenvalue weighted by Crippen LogP contribution is -2.33. The second-order valence-electron chi connectivity index (χ2n) is 9.10. The molecule has 5 nitrogen and oxygen atoms in total. The number of rotatable bonds is 6. The first-order valence-electron chi connectivity index (χ1n) is 10.6. The van der Waals surface area contributed by atoms with E-state index in [2.05, 4.69) is 38.2 Å². The molecule has 0 spiro atoms. The molecule has 1 aromatic rings. The van der Waals surface area contributed by atoms with Crippen LogP contribution in [0.3, 0.4) is 0 Å². The van der Waals surface area contributed by atoms with E-state index in [-0.39, 0.29) is 11.5 Å². The van der Waals surface area contributed by atoms with Gasteiger partial charge in [-0.1, -0.05) is 52.0 Å². The van der Waals surface area contributed by atoms with E-state index in [1.807, 2.05) is 46.8 Å². The molecule has 0 fully saturated rings. The average Bonchev–Trinajstić information content (AvgIpc) is 2.64. The fourth-order valence-corrected chi connectivity index (χ4v) is 3.59. The average molecular weight is 414 g/mol. The number of carbonyl (C=O) groups excluding carboxylic acids is 2. The van der Waals surface area contributed by atoms with E-state index in [1.165, 1.54) is 5.56 Å². The molecule has 1 atom stereocenters. The highest BCUT2D eigenvalue weighted by Crippen LogP contribution is 2.40. The van der Waals surface area contributed by atoms with Gasteiger partial charge in [-0.3, -0.25) is 0 Å². The summed E-state index contributed by atoms with van der Waals surface area (Å²) in [4.78, 5) is 26.0.